The summed E-state index contributed by atoms with van der Waals surface area (Å²) in [5.41, 5.74) is 1.25. The number of pyridine rings is 1. The molecule has 0 radical (unpaired) electrons. The van der Waals surface area contributed by atoms with Gasteiger partial charge in [0, 0.05) is 0 Å². The number of aromatic nitrogens is 1. The van der Waals surface area contributed by atoms with Gasteiger partial charge < -0.3 is 0 Å². The first-order valence-electron chi connectivity index (χ1n) is 4.48. The SMILES string of the molecule is [CH3][Sn]([CH3])([CH3])[CH2]Cc1ccccn1. The van der Waals surface area contributed by atoms with Gasteiger partial charge in [0.25, 0.3) is 0 Å². The molecule has 1 aromatic heterocycles. The fraction of sp³-hybridized carbons (Fsp3) is 0.500. The van der Waals surface area contributed by atoms with Crippen LogP contribution >= 0.6 is 0 Å². The van der Waals surface area contributed by atoms with E-state index in [2.05, 4.69) is 31.9 Å². The quantitative estimate of drug-likeness (QED) is 0.769. The van der Waals surface area contributed by atoms with Crippen molar-refractivity contribution in [1.29, 1.82) is 0 Å². The predicted molar refractivity (Wildman–Crippen MR) is 56.1 cm³/mol. The first-order chi connectivity index (χ1) is 5.58. The summed E-state index contributed by atoms with van der Waals surface area (Å²) in [6.07, 6.45) is 3.06. The first-order valence-corrected chi connectivity index (χ1v) is 15.1. The molecule has 1 nitrogen and oxygen atoms in total. The Morgan fingerprint density at radius 3 is 2.50 bits per heavy atom. The van der Waals surface area contributed by atoms with Crippen molar-refractivity contribution < 1.29 is 0 Å². The molecular weight excluding hydrogens is 253 g/mol. The molecule has 0 fully saturated rings. The van der Waals surface area contributed by atoms with Crippen LogP contribution in [0.2, 0.25) is 19.3 Å². The average Bonchev–Trinajstić information content (AvgIpc) is 2.02. The summed E-state index contributed by atoms with van der Waals surface area (Å²) in [5.74, 6) is 0. The molecule has 0 amide bonds. The Labute approximate surface area is 79.1 Å². The van der Waals surface area contributed by atoms with E-state index in [1.54, 1.807) is 0 Å². The molecule has 0 aliphatic rings. The maximum atomic E-state index is 4.32. The van der Waals surface area contributed by atoms with Crippen LogP contribution in [-0.2, 0) is 6.42 Å². The van der Waals surface area contributed by atoms with Gasteiger partial charge in [0.05, 0.1) is 0 Å². The normalized spacial score (nSPS) is 11.6. The fourth-order valence-corrected chi connectivity index (χ4v) is 3.92. The van der Waals surface area contributed by atoms with Gasteiger partial charge in [0.15, 0.2) is 0 Å². The van der Waals surface area contributed by atoms with E-state index >= 15 is 0 Å². The van der Waals surface area contributed by atoms with Crippen molar-refractivity contribution in [2.75, 3.05) is 0 Å². The molecule has 1 heterocycles. The van der Waals surface area contributed by atoms with E-state index in [9.17, 15) is 0 Å². The van der Waals surface area contributed by atoms with Crippen molar-refractivity contribution in [2.45, 2.75) is 25.7 Å². The van der Waals surface area contributed by atoms with Crippen LogP contribution in [0.25, 0.3) is 0 Å². The van der Waals surface area contributed by atoms with Gasteiger partial charge in [-0.25, -0.2) is 0 Å². The van der Waals surface area contributed by atoms with Gasteiger partial charge in [-0.1, -0.05) is 0 Å². The third-order valence-electron chi connectivity index (χ3n) is 1.86. The van der Waals surface area contributed by atoms with E-state index in [-0.39, 0.29) is 0 Å². The Morgan fingerprint density at radius 2 is 2.00 bits per heavy atom. The van der Waals surface area contributed by atoms with Crippen molar-refractivity contribution in [3.8, 4) is 0 Å². The Morgan fingerprint density at radius 1 is 1.25 bits per heavy atom. The molecule has 0 saturated carbocycles. The second kappa shape index (κ2) is 4.26. The van der Waals surface area contributed by atoms with Crippen LogP contribution in [0.5, 0.6) is 0 Å². The van der Waals surface area contributed by atoms with Crippen molar-refractivity contribution in [1.82, 2.24) is 4.98 Å². The van der Waals surface area contributed by atoms with Crippen LogP contribution < -0.4 is 0 Å². The van der Waals surface area contributed by atoms with E-state index in [1.807, 2.05) is 12.3 Å². The minimum absolute atomic E-state index is 1.18. The van der Waals surface area contributed by atoms with E-state index in [1.165, 1.54) is 16.6 Å². The molecule has 2 heteroatoms. The topological polar surface area (TPSA) is 12.9 Å². The molecular formula is C10H17NSn. The molecule has 1 rings (SSSR count). The standard InChI is InChI=1S/C7H8N.3CH3.Sn/c1-2-7-5-3-4-6-8-7;;;;/h3-6H,1-2H2;3*1H3;. The second-order valence-electron chi connectivity index (χ2n) is 4.38. The number of nitrogens with zero attached hydrogens (tertiary/aromatic N) is 1. The zero-order valence-corrected chi connectivity index (χ0v) is 11.0. The summed E-state index contributed by atoms with van der Waals surface area (Å²) in [5, 5.41) is 0. The molecule has 12 heavy (non-hydrogen) atoms. The molecule has 0 saturated heterocycles. The van der Waals surface area contributed by atoms with E-state index in [0.29, 0.717) is 0 Å². The summed E-state index contributed by atoms with van der Waals surface area (Å²) in [6, 6.07) is 6.17. The van der Waals surface area contributed by atoms with Crippen molar-refractivity contribution in [2.24, 2.45) is 0 Å². The molecule has 0 aromatic carbocycles. The number of hydrogen-bond donors (Lipinski definition) is 0. The Bertz CT molecular complexity index is 225. The third-order valence-corrected chi connectivity index (χ3v) is 6.85. The number of aryl methyl sites for hydroxylation is 1. The fourth-order valence-electron chi connectivity index (χ4n) is 1.05. The Hall–Kier alpha value is -0.0513. The first kappa shape index (κ1) is 10.0. The third kappa shape index (κ3) is 4.09. The molecule has 0 atom stereocenters. The molecule has 0 unspecified atom stereocenters. The van der Waals surface area contributed by atoms with Gasteiger partial charge >= 0.3 is 79.1 Å². The van der Waals surface area contributed by atoms with Crippen molar-refractivity contribution in [3.05, 3.63) is 30.1 Å². The van der Waals surface area contributed by atoms with Crippen molar-refractivity contribution >= 4 is 18.4 Å². The molecule has 1 aromatic rings. The molecule has 0 N–H and O–H groups in total. The summed E-state index contributed by atoms with van der Waals surface area (Å²) >= 11 is -1.54. The van der Waals surface area contributed by atoms with E-state index < -0.39 is 18.4 Å². The molecule has 0 spiro atoms. The number of hydrogen-bond acceptors (Lipinski definition) is 1. The average molecular weight is 270 g/mol. The van der Waals surface area contributed by atoms with Gasteiger partial charge in [-0.3, -0.25) is 0 Å². The van der Waals surface area contributed by atoms with Crippen LogP contribution in [0.1, 0.15) is 5.69 Å². The molecule has 66 valence electrons. The van der Waals surface area contributed by atoms with Crippen LogP contribution in [0.15, 0.2) is 24.4 Å². The van der Waals surface area contributed by atoms with E-state index in [4.69, 9.17) is 0 Å². The van der Waals surface area contributed by atoms with Gasteiger partial charge in [-0.15, -0.1) is 0 Å². The van der Waals surface area contributed by atoms with Crippen LogP contribution in [0.4, 0.5) is 0 Å². The number of rotatable bonds is 3. The summed E-state index contributed by atoms with van der Waals surface area (Å²) in [7, 11) is 0. The predicted octanol–water partition coefficient (Wildman–Crippen LogP) is 2.96. The molecule has 0 aliphatic heterocycles. The molecule has 0 bridgehead atoms. The molecule has 0 aliphatic carbocycles. The van der Waals surface area contributed by atoms with Crippen molar-refractivity contribution in [3.63, 3.8) is 0 Å². The summed E-state index contributed by atoms with van der Waals surface area (Å²) < 4.78 is 1.41. The Kier molecular flexibility index (Phi) is 3.56. The van der Waals surface area contributed by atoms with Gasteiger partial charge in [-0.2, -0.15) is 0 Å². The summed E-state index contributed by atoms with van der Waals surface area (Å²) in [4.78, 5) is 11.7. The van der Waals surface area contributed by atoms with Gasteiger partial charge in [-0.05, 0) is 0 Å². The zero-order chi connectivity index (χ0) is 9.03. The summed E-state index contributed by atoms with van der Waals surface area (Å²) in [6.45, 7) is 0. The van der Waals surface area contributed by atoms with Gasteiger partial charge in [0.2, 0.25) is 0 Å². The van der Waals surface area contributed by atoms with Crippen LogP contribution in [0, 0.1) is 0 Å². The zero-order valence-electron chi connectivity index (χ0n) is 8.17. The second-order valence-corrected chi connectivity index (χ2v) is 20.4. The maximum absolute atomic E-state index is 4.32. The Balaban J connectivity index is 2.44. The monoisotopic (exact) mass is 271 g/mol. The minimum atomic E-state index is -1.54. The van der Waals surface area contributed by atoms with Crippen LogP contribution in [0.3, 0.4) is 0 Å². The van der Waals surface area contributed by atoms with E-state index in [0.717, 1.165) is 0 Å². The van der Waals surface area contributed by atoms with Gasteiger partial charge in [0.1, 0.15) is 0 Å². The van der Waals surface area contributed by atoms with Crippen LogP contribution in [-0.4, -0.2) is 23.4 Å².